The second-order valence-corrected chi connectivity index (χ2v) is 4.74. The summed E-state index contributed by atoms with van der Waals surface area (Å²) in [6.45, 7) is 2.08. The van der Waals surface area contributed by atoms with Crippen molar-refractivity contribution in [3.63, 3.8) is 0 Å². The van der Waals surface area contributed by atoms with E-state index in [1.54, 1.807) is 18.4 Å². The predicted molar refractivity (Wildman–Crippen MR) is 69.8 cm³/mol. The third-order valence-corrected chi connectivity index (χ3v) is 3.70. The number of aryl methyl sites for hydroxylation is 1. The molecule has 3 nitrogen and oxygen atoms in total. The summed E-state index contributed by atoms with van der Waals surface area (Å²) in [6.07, 6.45) is 2.01. The number of imidazole rings is 1. The first-order chi connectivity index (χ1) is 8.31. The molecule has 17 heavy (non-hydrogen) atoms. The molecule has 0 fully saturated rings. The lowest BCUT2D eigenvalue weighted by atomic mass is 10.3. The number of hydrogen-bond acceptors (Lipinski definition) is 3. The van der Waals surface area contributed by atoms with Crippen molar-refractivity contribution in [3.05, 3.63) is 41.5 Å². The van der Waals surface area contributed by atoms with E-state index in [1.807, 2.05) is 24.4 Å². The highest BCUT2D eigenvalue weighted by Gasteiger charge is 2.13. The number of methoxy groups -OCH3 is 1. The highest BCUT2D eigenvalue weighted by Crippen LogP contribution is 2.30. The number of thiophene rings is 1. The van der Waals surface area contributed by atoms with Gasteiger partial charge >= 0.3 is 0 Å². The molecule has 0 aliphatic rings. The lowest BCUT2D eigenvalue weighted by Crippen LogP contribution is -1.90. The third-order valence-electron chi connectivity index (χ3n) is 2.83. The van der Waals surface area contributed by atoms with Gasteiger partial charge in [-0.15, -0.1) is 11.3 Å². The second-order valence-electron chi connectivity index (χ2n) is 3.79. The summed E-state index contributed by atoms with van der Waals surface area (Å²) < 4.78 is 7.40. The van der Waals surface area contributed by atoms with Gasteiger partial charge in [0.2, 0.25) is 0 Å². The standard InChI is InChI=1S/C13H12N2OS/c1-9-12(11-6-4-8-17-11)14-13-10(16-2)5-3-7-15(9)13/h3-8H,1-2H3. The molecule has 0 saturated carbocycles. The topological polar surface area (TPSA) is 26.5 Å². The maximum absolute atomic E-state index is 5.33. The third kappa shape index (κ3) is 1.52. The molecular weight excluding hydrogens is 232 g/mol. The van der Waals surface area contributed by atoms with Crippen LogP contribution in [0.15, 0.2) is 35.8 Å². The van der Waals surface area contributed by atoms with Gasteiger partial charge in [-0.1, -0.05) is 6.07 Å². The van der Waals surface area contributed by atoms with E-state index in [4.69, 9.17) is 4.74 Å². The van der Waals surface area contributed by atoms with Gasteiger partial charge in [0.05, 0.1) is 12.0 Å². The summed E-state index contributed by atoms with van der Waals surface area (Å²) in [5.41, 5.74) is 3.04. The minimum atomic E-state index is 0.804. The first-order valence-corrected chi connectivity index (χ1v) is 6.25. The SMILES string of the molecule is COc1cccn2c(C)c(-c3cccs3)nc12. The van der Waals surface area contributed by atoms with E-state index in [-0.39, 0.29) is 0 Å². The zero-order chi connectivity index (χ0) is 11.8. The molecule has 0 spiro atoms. The van der Waals surface area contributed by atoms with E-state index in [9.17, 15) is 0 Å². The average molecular weight is 244 g/mol. The van der Waals surface area contributed by atoms with Gasteiger partial charge in [-0.25, -0.2) is 4.98 Å². The van der Waals surface area contributed by atoms with Crippen LogP contribution >= 0.6 is 11.3 Å². The van der Waals surface area contributed by atoms with Crippen molar-refractivity contribution >= 4 is 17.0 Å². The van der Waals surface area contributed by atoms with Crippen LogP contribution in [-0.2, 0) is 0 Å². The number of nitrogens with zero attached hydrogens (tertiary/aromatic N) is 2. The number of fused-ring (bicyclic) bond motifs is 1. The fourth-order valence-electron chi connectivity index (χ4n) is 1.97. The van der Waals surface area contributed by atoms with Crippen molar-refractivity contribution < 1.29 is 4.74 Å². The van der Waals surface area contributed by atoms with Crippen LogP contribution in [0.2, 0.25) is 0 Å². The fourth-order valence-corrected chi connectivity index (χ4v) is 2.73. The molecule has 0 aliphatic heterocycles. The highest BCUT2D eigenvalue weighted by atomic mass is 32.1. The maximum atomic E-state index is 5.33. The number of pyridine rings is 1. The quantitative estimate of drug-likeness (QED) is 0.691. The Kier molecular flexibility index (Phi) is 2.37. The van der Waals surface area contributed by atoms with Gasteiger partial charge in [0, 0.05) is 11.9 Å². The molecule has 0 N–H and O–H groups in total. The first-order valence-electron chi connectivity index (χ1n) is 5.37. The Balaban J connectivity index is 2.32. The van der Waals surface area contributed by atoms with Gasteiger partial charge in [-0.3, -0.25) is 0 Å². The van der Waals surface area contributed by atoms with Crippen molar-refractivity contribution in [1.29, 1.82) is 0 Å². The van der Waals surface area contributed by atoms with Gasteiger partial charge in [0.25, 0.3) is 0 Å². The van der Waals surface area contributed by atoms with Gasteiger partial charge in [0.1, 0.15) is 5.69 Å². The smallest absolute Gasteiger partial charge is 0.180 e. The Morgan fingerprint density at radius 2 is 2.18 bits per heavy atom. The van der Waals surface area contributed by atoms with Crippen LogP contribution in [0.1, 0.15) is 5.69 Å². The normalized spacial score (nSPS) is 10.9. The van der Waals surface area contributed by atoms with Crippen LogP contribution in [0.25, 0.3) is 16.2 Å². The van der Waals surface area contributed by atoms with E-state index in [2.05, 4.69) is 27.8 Å². The van der Waals surface area contributed by atoms with Crippen LogP contribution in [-0.4, -0.2) is 16.5 Å². The molecule has 0 radical (unpaired) electrons. The molecule has 0 aliphatic carbocycles. The first kappa shape index (κ1) is 10.4. The molecule has 0 amide bonds. The summed E-state index contributed by atoms with van der Waals surface area (Å²) in [5, 5.41) is 2.07. The molecule has 86 valence electrons. The summed E-state index contributed by atoms with van der Waals surface area (Å²) in [6, 6.07) is 8.03. The predicted octanol–water partition coefficient (Wildman–Crippen LogP) is 3.38. The molecule has 3 aromatic rings. The minimum Gasteiger partial charge on any atom is -0.493 e. The fraction of sp³-hybridized carbons (Fsp3) is 0.154. The van der Waals surface area contributed by atoms with Crippen molar-refractivity contribution in [3.8, 4) is 16.3 Å². The molecule has 0 aromatic carbocycles. The lowest BCUT2D eigenvalue weighted by Gasteiger charge is -2.01. The summed E-state index contributed by atoms with van der Waals surface area (Å²) in [5.74, 6) is 0.804. The number of rotatable bonds is 2. The number of aromatic nitrogens is 2. The molecular formula is C13H12N2OS. The van der Waals surface area contributed by atoms with Gasteiger partial charge < -0.3 is 9.14 Å². The number of hydrogen-bond donors (Lipinski definition) is 0. The molecule has 0 atom stereocenters. The van der Waals surface area contributed by atoms with Gasteiger partial charge in [0.15, 0.2) is 11.4 Å². The lowest BCUT2D eigenvalue weighted by molar-refractivity contribution is 0.417. The Hall–Kier alpha value is -1.81. The van der Waals surface area contributed by atoms with Crippen LogP contribution in [0.5, 0.6) is 5.75 Å². The maximum Gasteiger partial charge on any atom is 0.180 e. The molecule has 0 saturated heterocycles. The van der Waals surface area contributed by atoms with Crippen molar-refractivity contribution in [2.45, 2.75) is 6.92 Å². The van der Waals surface area contributed by atoms with E-state index in [0.29, 0.717) is 0 Å². The van der Waals surface area contributed by atoms with Gasteiger partial charge in [-0.05, 0) is 30.5 Å². The highest BCUT2D eigenvalue weighted by molar-refractivity contribution is 7.13. The van der Waals surface area contributed by atoms with Crippen LogP contribution in [0, 0.1) is 6.92 Å². The Morgan fingerprint density at radius 3 is 2.88 bits per heavy atom. The molecule has 0 unspecified atom stereocenters. The monoisotopic (exact) mass is 244 g/mol. The minimum absolute atomic E-state index is 0.804. The van der Waals surface area contributed by atoms with E-state index < -0.39 is 0 Å². The number of ether oxygens (including phenoxy) is 1. The summed E-state index contributed by atoms with van der Waals surface area (Å²) >= 11 is 1.70. The average Bonchev–Trinajstić information content (AvgIpc) is 2.97. The summed E-state index contributed by atoms with van der Waals surface area (Å²) in [7, 11) is 1.67. The second kappa shape index (κ2) is 3.89. The van der Waals surface area contributed by atoms with Gasteiger partial charge in [-0.2, -0.15) is 0 Å². The molecule has 3 aromatic heterocycles. The zero-order valence-corrected chi connectivity index (χ0v) is 10.5. The van der Waals surface area contributed by atoms with E-state index in [0.717, 1.165) is 22.8 Å². The zero-order valence-electron chi connectivity index (χ0n) is 9.68. The van der Waals surface area contributed by atoms with Crippen LogP contribution in [0.4, 0.5) is 0 Å². The largest absolute Gasteiger partial charge is 0.493 e. The van der Waals surface area contributed by atoms with Crippen molar-refractivity contribution in [2.75, 3.05) is 7.11 Å². The van der Waals surface area contributed by atoms with Crippen molar-refractivity contribution in [2.24, 2.45) is 0 Å². The van der Waals surface area contributed by atoms with Crippen LogP contribution in [0.3, 0.4) is 0 Å². The van der Waals surface area contributed by atoms with E-state index in [1.165, 1.54) is 4.88 Å². The summed E-state index contributed by atoms with van der Waals surface area (Å²) in [4.78, 5) is 5.86. The molecule has 3 rings (SSSR count). The Labute approximate surface area is 103 Å². The Morgan fingerprint density at radius 1 is 1.29 bits per heavy atom. The Bertz CT molecular complexity index is 655. The molecule has 4 heteroatoms. The van der Waals surface area contributed by atoms with E-state index >= 15 is 0 Å². The molecule has 3 heterocycles. The van der Waals surface area contributed by atoms with Crippen molar-refractivity contribution in [1.82, 2.24) is 9.38 Å². The molecule has 0 bridgehead atoms. The van der Waals surface area contributed by atoms with Crippen LogP contribution < -0.4 is 4.74 Å².